The minimum Gasteiger partial charge on any atom is -0.451 e. The predicted octanol–water partition coefficient (Wildman–Crippen LogP) is 3.93. The first-order valence-corrected chi connectivity index (χ1v) is 7.49. The second-order valence-corrected chi connectivity index (χ2v) is 5.18. The Morgan fingerprint density at radius 2 is 1.96 bits per heavy atom. The number of methoxy groups -OCH3 is 1. The highest BCUT2D eigenvalue weighted by Crippen LogP contribution is 2.25. The van der Waals surface area contributed by atoms with Gasteiger partial charge in [0.1, 0.15) is 6.61 Å². The van der Waals surface area contributed by atoms with Gasteiger partial charge in [0.25, 0.3) is 0 Å². The molecular weight excluding hydrogens is 332 g/mol. The fraction of sp³-hybridized carbons (Fsp3) is 0.176. The van der Waals surface area contributed by atoms with Crippen molar-refractivity contribution in [2.75, 3.05) is 7.11 Å². The summed E-state index contributed by atoms with van der Waals surface area (Å²) in [7, 11) is 1.23. The third kappa shape index (κ3) is 5.17. The number of oxime groups is 1. The van der Waals surface area contributed by atoms with E-state index < -0.39 is 6.09 Å². The molecule has 1 N–H and O–H groups in total. The third-order valence-electron chi connectivity index (χ3n) is 3.05. The lowest BCUT2D eigenvalue weighted by Crippen LogP contribution is -2.26. The van der Waals surface area contributed by atoms with Crippen molar-refractivity contribution in [3.8, 4) is 5.75 Å². The number of hydroxylamine groups is 1. The van der Waals surface area contributed by atoms with E-state index in [1.807, 2.05) is 30.3 Å². The van der Waals surface area contributed by atoms with Crippen LogP contribution in [-0.4, -0.2) is 18.9 Å². The molecule has 0 unspecified atom stereocenters. The van der Waals surface area contributed by atoms with E-state index in [-0.39, 0.29) is 5.75 Å². The molecule has 0 atom stereocenters. The summed E-state index contributed by atoms with van der Waals surface area (Å²) in [5.41, 5.74) is 4.52. The van der Waals surface area contributed by atoms with Gasteiger partial charge in [-0.05, 0) is 24.6 Å². The average Bonchev–Trinajstić information content (AvgIpc) is 2.61. The molecule has 126 valence electrons. The molecule has 0 heterocycles. The van der Waals surface area contributed by atoms with E-state index in [1.54, 1.807) is 25.1 Å². The number of nitrogens with one attached hydrogen (secondary N) is 1. The molecule has 0 saturated carbocycles. The number of benzene rings is 2. The molecule has 1 amide bonds. The smallest absolute Gasteiger partial charge is 0.440 e. The number of hydrogen-bond donors (Lipinski definition) is 1. The number of carbonyl (C=O) groups excluding carboxylic acids is 1. The molecule has 0 aliphatic rings. The first-order valence-electron chi connectivity index (χ1n) is 7.11. The topological polar surface area (TPSA) is 69.2 Å². The summed E-state index contributed by atoms with van der Waals surface area (Å²) in [5, 5.41) is 4.42. The lowest BCUT2D eigenvalue weighted by atomic mass is 10.1. The monoisotopic (exact) mass is 348 g/mol. The van der Waals surface area contributed by atoms with Gasteiger partial charge in [-0.15, -0.1) is 0 Å². The van der Waals surface area contributed by atoms with E-state index in [1.165, 1.54) is 7.11 Å². The van der Waals surface area contributed by atoms with Crippen molar-refractivity contribution in [1.82, 2.24) is 5.48 Å². The molecule has 0 spiro atoms. The number of halogens is 1. The maximum Gasteiger partial charge on any atom is 0.440 e. The van der Waals surface area contributed by atoms with E-state index in [9.17, 15) is 4.79 Å². The van der Waals surface area contributed by atoms with E-state index >= 15 is 0 Å². The zero-order valence-electron chi connectivity index (χ0n) is 13.3. The number of nitrogens with zero attached hydrogens (tertiary/aromatic N) is 1. The van der Waals surface area contributed by atoms with Crippen molar-refractivity contribution in [1.29, 1.82) is 0 Å². The van der Waals surface area contributed by atoms with Crippen LogP contribution in [0.3, 0.4) is 0 Å². The summed E-state index contributed by atoms with van der Waals surface area (Å²) >= 11 is 6.02. The summed E-state index contributed by atoms with van der Waals surface area (Å²) < 4.78 is 4.42. The number of hydrogen-bond acceptors (Lipinski definition) is 5. The van der Waals surface area contributed by atoms with Crippen molar-refractivity contribution >= 4 is 23.4 Å². The van der Waals surface area contributed by atoms with Gasteiger partial charge in [-0.1, -0.05) is 53.2 Å². The van der Waals surface area contributed by atoms with Gasteiger partial charge >= 0.3 is 6.09 Å². The zero-order valence-corrected chi connectivity index (χ0v) is 14.0. The normalized spacial score (nSPS) is 10.9. The average molecular weight is 349 g/mol. The molecule has 2 rings (SSSR count). The van der Waals surface area contributed by atoms with Crippen LogP contribution in [-0.2, 0) is 16.2 Å². The lowest BCUT2D eigenvalue weighted by Gasteiger charge is -2.09. The van der Waals surface area contributed by atoms with Gasteiger partial charge < -0.3 is 14.4 Å². The molecule has 0 aliphatic heterocycles. The molecule has 0 fully saturated rings. The number of amides is 1. The third-order valence-corrected chi connectivity index (χ3v) is 3.37. The quantitative estimate of drug-likeness (QED) is 0.634. The first-order chi connectivity index (χ1) is 11.6. The Balaban J connectivity index is 2.01. The highest BCUT2D eigenvalue weighted by molar-refractivity contribution is 6.32. The van der Waals surface area contributed by atoms with Gasteiger partial charge in [-0.25, -0.2) is 4.79 Å². The van der Waals surface area contributed by atoms with Crippen molar-refractivity contribution in [3.05, 3.63) is 64.7 Å². The van der Waals surface area contributed by atoms with Crippen LogP contribution in [0.4, 0.5) is 4.79 Å². The molecule has 2 aromatic carbocycles. The Hall–Kier alpha value is -2.73. The highest BCUT2D eigenvalue weighted by atomic mass is 35.5. The summed E-state index contributed by atoms with van der Waals surface area (Å²) in [6, 6.07) is 14.8. The largest absolute Gasteiger partial charge is 0.451 e. The first kappa shape index (κ1) is 17.6. The molecule has 0 radical (unpaired) electrons. The Bertz CT molecular complexity index is 720. The van der Waals surface area contributed by atoms with Crippen LogP contribution in [0, 0.1) is 0 Å². The number of rotatable bonds is 6. The Kier molecular flexibility index (Phi) is 6.45. The summed E-state index contributed by atoms with van der Waals surface area (Å²) in [6.07, 6.45) is -0.729. The Labute approximate surface area is 144 Å². The molecule has 2 aromatic rings. The Morgan fingerprint density at radius 1 is 1.21 bits per heavy atom. The van der Waals surface area contributed by atoms with Crippen molar-refractivity contribution in [2.24, 2.45) is 5.16 Å². The second kappa shape index (κ2) is 8.79. The number of ether oxygens (including phenoxy) is 1. The molecule has 0 aliphatic carbocycles. The highest BCUT2D eigenvalue weighted by Gasteiger charge is 2.08. The van der Waals surface area contributed by atoms with Gasteiger partial charge in [0, 0.05) is 5.56 Å². The van der Waals surface area contributed by atoms with E-state index in [4.69, 9.17) is 21.3 Å². The minimum absolute atomic E-state index is 0.275. The van der Waals surface area contributed by atoms with Gasteiger partial charge in [0.05, 0.1) is 17.8 Å². The summed E-state index contributed by atoms with van der Waals surface area (Å²) in [4.78, 5) is 21.5. The molecule has 0 aromatic heterocycles. The minimum atomic E-state index is -0.729. The van der Waals surface area contributed by atoms with E-state index in [0.29, 0.717) is 17.3 Å². The molecule has 6 nitrogen and oxygen atoms in total. The maximum absolute atomic E-state index is 11.0. The summed E-state index contributed by atoms with van der Waals surface area (Å²) in [6.45, 7) is 2.17. The summed E-state index contributed by atoms with van der Waals surface area (Å²) in [5.74, 6) is 0.275. The maximum atomic E-state index is 11.0. The fourth-order valence-electron chi connectivity index (χ4n) is 1.78. The van der Waals surface area contributed by atoms with E-state index in [0.717, 1.165) is 11.1 Å². The SMILES string of the molecule is COC(=O)NOc1cc(/C(C)=N/OCc2ccccc2)ccc1Cl. The van der Waals surface area contributed by atoms with Crippen LogP contribution in [0.1, 0.15) is 18.1 Å². The predicted molar refractivity (Wildman–Crippen MR) is 91.1 cm³/mol. The lowest BCUT2D eigenvalue weighted by molar-refractivity contribution is 0.118. The molecule has 0 saturated heterocycles. The van der Waals surface area contributed by atoms with Gasteiger partial charge in [0.15, 0.2) is 5.75 Å². The van der Waals surface area contributed by atoms with Crippen LogP contribution in [0.25, 0.3) is 0 Å². The Morgan fingerprint density at radius 3 is 2.67 bits per heavy atom. The van der Waals surface area contributed by atoms with Crippen LogP contribution in [0.2, 0.25) is 5.02 Å². The molecular formula is C17H17ClN2O4. The van der Waals surface area contributed by atoms with Crippen molar-refractivity contribution in [2.45, 2.75) is 13.5 Å². The van der Waals surface area contributed by atoms with Gasteiger partial charge in [-0.3, -0.25) is 0 Å². The zero-order chi connectivity index (χ0) is 17.4. The molecule has 0 bridgehead atoms. The van der Waals surface area contributed by atoms with Crippen molar-refractivity contribution < 1.29 is 19.2 Å². The van der Waals surface area contributed by atoms with Crippen LogP contribution in [0.5, 0.6) is 5.75 Å². The second-order valence-electron chi connectivity index (χ2n) is 4.78. The standard InChI is InChI=1S/C17H17ClN2O4/c1-12(19-23-11-13-6-4-3-5-7-13)14-8-9-15(18)16(10-14)24-20-17(21)22-2/h3-10H,11H2,1-2H3,(H,20,21)/b19-12+. The van der Waals surface area contributed by atoms with Crippen LogP contribution < -0.4 is 10.3 Å². The van der Waals surface area contributed by atoms with Gasteiger partial charge in [0.2, 0.25) is 0 Å². The number of carbonyl (C=O) groups is 1. The van der Waals surface area contributed by atoms with Crippen molar-refractivity contribution in [3.63, 3.8) is 0 Å². The fourth-order valence-corrected chi connectivity index (χ4v) is 1.93. The van der Waals surface area contributed by atoms with Crippen LogP contribution >= 0.6 is 11.6 Å². The molecule has 24 heavy (non-hydrogen) atoms. The van der Waals surface area contributed by atoms with E-state index in [2.05, 4.69) is 15.4 Å². The molecule has 7 heteroatoms. The van der Waals surface area contributed by atoms with Crippen LogP contribution in [0.15, 0.2) is 53.7 Å². The van der Waals surface area contributed by atoms with Gasteiger partial charge in [-0.2, -0.15) is 5.48 Å².